The summed E-state index contributed by atoms with van der Waals surface area (Å²) in [5.74, 6) is 1.27. The first-order chi connectivity index (χ1) is 9.32. The van der Waals surface area contributed by atoms with Crippen LogP contribution in [0.3, 0.4) is 0 Å². The molecule has 4 unspecified atom stereocenters. The van der Waals surface area contributed by atoms with E-state index in [0.29, 0.717) is 37.1 Å². The maximum atomic E-state index is 14.5. The van der Waals surface area contributed by atoms with Crippen LogP contribution >= 0.6 is 0 Å². The number of hydrogen-bond donors (Lipinski definition) is 1. The summed E-state index contributed by atoms with van der Waals surface area (Å²) in [6.07, 6.45) is 6.23. The molecule has 0 aromatic rings. The molecule has 0 amide bonds. The van der Waals surface area contributed by atoms with Crippen molar-refractivity contribution < 1.29 is 9.18 Å². The number of carbonyl (C=O) groups is 1. The van der Waals surface area contributed by atoms with Crippen LogP contribution < -0.4 is 5.32 Å². The van der Waals surface area contributed by atoms with Crippen LogP contribution in [0.5, 0.6) is 0 Å². The van der Waals surface area contributed by atoms with Crippen molar-refractivity contribution in [1.29, 1.82) is 0 Å². The van der Waals surface area contributed by atoms with Crippen molar-refractivity contribution in [2.24, 2.45) is 11.8 Å². The van der Waals surface area contributed by atoms with Crippen molar-refractivity contribution in [3.8, 4) is 0 Å². The molecule has 118 valence electrons. The highest BCUT2D eigenvalue weighted by Gasteiger charge is 2.33. The second-order valence-electron chi connectivity index (χ2n) is 7.12. The lowest BCUT2D eigenvalue weighted by Gasteiger charge is -2.25. The van der Waals surface area contributed by atoms with Gasteiger partial charge in [0.15, 0.2) is 0 Å². The van der Waals surface area contributed by atoms with Crippen LogP contribution in [-0.4, -0.2) is 24.0 Å². The van der Waals surface area contributed by atoms with Crippen molar-refractivity contribution in [3.63, 3.8) is 0 Å². The summed E-state index contributed by atoms with van der Waals surface area (Å²) >= 11 is 0. The topological polar surface area (TPSA) is 29.1 Å². The highest BCUT2D eigenvalue weighted by molar-refractivity contribution is 5.75. The van der Waals surface area contributed by atoms with Crippen LogP contribution in [0.15, 0.2) is 0 Å². The molecule has 1 aliphatic carbocycles. The standard InChI is InChI=1S/C17H32FNO/c1-5-15-8-9-16(11-17(4,18)10-15)19-12-13(2)6-7-14(3)20/h13,15-16,19H,5-12H2,1-4H3. The minimum absolute atomic E-state index is 0.258. The molecule has 20 heavy (non-hydrogen) atoms. The lowest BCUT2D eigenvalue weighted by Crippen LogP contribution is -2.36. The fourth-order valence-electron chi connectivity index (χ4n) is 3.28. The Bertz CT molecular complexity index is 303. The number of alkyl halides is 1. The highest BCUT2D eigenvalue weighted by Crippen LogP contribution is 2.35. The van der Waals surface area contributed by atoms with Crippen LogP contribution in [0.4, 0.5) is 4.39 Å². The summed E-state index contributed by atoms with van der Waals surface area (Å²) in [4.78, 5) is 11.0. The van der Waals surface area contributed by atoms with E-state index in [9.17, 15) is 9.18 Å². The normalized spacial score (nSPS) is 32.6. The Morgan fingerprint density at radius 2 is 2.10 bits per heavy atom. The summed E-state index contributed by atoms with van der Waals surface area (Å²) in [6, 6.07) is 0.293. The van der Waals surface area contributed by atoms with Gasteiger partial charge in [-0.25, -0.2) is 4.39 Å². The highest BCUT2D eigenvalue weighted by atomic mass is 19.1. The summed E-state index contributed by atoms with van der Waals surface area (Å²) in [5.41, 5.74) is -1.03. The van der Waals surface area contributed by atoms with E-state index < -0.39 is 5.67 Å². The molecule has 0 spiro atoms. The molecule has 0 radical (unpaired) electrons. The van der Waals surface area contributed by atoms with Crippen molar-refractivity contribution in [2.75, 3.05) is 6.54 Å². The minimum Gasteiger partial charge on any atom is -0.314 e. The average Bonchev–Trinajstić information content (AvgIpc) is 2.51. The van der Waals surface area contributed by atoms with Gasteiger partial charge in [-0.05, 0) is 64.3 Å². The number of rotatable bonds is 7. The molecule has 0 heterocycles. The zero-order valence-corrected chi connectivity index (χ0v) is 13.7. The molecular weight excluding hydrogens is 253 g/mol. The number of Topliss-reactive ketones (excluding diaryl/α,β-unsaturated/α-hetero) is 1. The van der Waals surface area contributed by atoms with Crippen LogP contribution in [-0.2, 0) is 4.79 Å². The second kappa shape index (κ2) is 8.11. The third-order valence-corrected chi connectivity index (χ3v) is 4.63. The number of halogens is 1. The Morgan fingerprint density at radius 1 is 1.40 bits per heavy atom. The Morgan fingerprint density at radius 3 is 2.70 bits per heavy atom. The van der Waals surface area contributed by atoms with Gasteiger partial charge in [0.2, 0.25) is 0 Å². The number of ketones is 1. The van der Waals surface area contributed by atoms with Gasteiger partial charge in [0.25, 0.3) is 0 Å². The largest absolute Gasteiger partial charge is 0.314 e. The van der Waals surface area contributed by atoms with Gasteiger partial charge in [0.05, 0.1) is 0 Å². The number of nitrogens with one attached hydrogen (secondary N) is 1. The monoisotopic (exact) mass is 285 g/mol. The van der Waals surface area contributed by atoms with Gasteiger partial charge in [-0.3, -0.25) is 0 Å². The Kier molecular flexibility index (Phi) is 7.14. The van der Waals surface area contributed by atoms with Crippen LogP contribution in [0.1, 0.15) is 72.6 Å². The SMILES string of the molecule is CCC1CCC(NCC(C)CCC(C)=O)CC(C)(F)C1. The quantitative estimate of drug-likeness (QED) is 0.707. The molecule has 0 aromatic carbocycles. The van der Waals surface area contributed by atoms with Crippen LogP contribution in [0, 0.1) is 11.8 Å². The van der Waals surface area contributed by atoms with Crippen LogP contribution in [0.25, 0.3) is 0 Å². The first-order valence-corrected chi connectivity index (χ1v) is 8.24. The minimum atomic E-state index is -1.03. The molecule has 1 rings (SSSR count). The van der Waals surface area contributed by atoms with Gasteiger partial charge in [0, 0.05) is 12.5 Å². The van der Waals surface area contributed by atoms with Crippen molar-refractivity contribution in [2.45, 2.75) is 84.4 Å². The molecule has 1 saturated carbocycles. The Labute approximate surface area is 123 Å². The average molecular weight is 285 g/mol. The molecule has 0 aliphatic heterocycles. The lowest BCUT2D eigenvalue weighted by atomic mass is 9.90. The second-order valence-corrected chi connectivity index (χ2v) is 7.12. The van der Waals surface area contributed by atoms with Crippen molar-refractivity contribution >= 4 is 5.78 Å². The van der Waals surface area contributed by atoms with Gasteiger partial charge in [0.1, 0.15) is 11.5 Å². The van der Waals surface area contributed by atoms with E-state index in [1.165, 1.54) is 0 Å². The molecule has 0 bridgehead atoms. The van der Waals surface area contributed by atoms with E-state index >= 15 is 0 Å². The Hall–Kier alpha value is -0.440. The van der Waals surface area contributed by atoms with E-state index in [-0.39, 0.29) is 5.78 Å². The van der Waals surface area contributed by atoms with Gasteiger partial charge < -0.3 is 10.1 Å². The first kappa shape index (κ1) is 17.6. The molecule has 4 atom stereocenters. The molecule has 1 aliphatic rings. The van der Waals surface area contributed by atoms with E-state index in [4.69, 9.17) is 0 Å². The molecular formula is C17H32FNO. The van der Waals surface area contributed by atoms with E-state index in [1.54, 1.807) is 13.8 Å². The molecule has 2 nitrogen and oxygen atoms in total. The summed E-state index contributed by atoms with van der Waals surface area (Å²) in [5, 5.41) is 3.53. The maximum Gasteiger partial charge on any atom is 0.129 e. The zero-order chi connectivity index (χ0) is 15.2. The van der Waals surface area contributed by atoms with Gasteiger partial charge >= 0.3 is 0 Å². The van der Waals surface area contributed by atoms with Crippen molar-refractivity contribution in [3.05, 3.63) is 0 Å². The fourth-order valence-corrected chi connectivity index (χ4v) is 3.28. The Balaban J connectivity index is 2.37. The zero-order valence-electron chi connectivity index (χ0n) is 13.7. The third-order valence-electron chi connectivity index (χ3n) is 4.63. The number of carbonyl (C=O) groups excluding carboxylic acids is 1. The first-order valence-electron chi connectivity index (χ1n) is 8.24. The molecule has 1 N–H and O–H groups in total. The van der Waals surface area contributed by atoms with Crippen LogP contribution in [0.2, 0.25) is 0 Å². The predicted octanol–water partition coefficient (Wildman–Crippen LogP) is 4.28. The molecule has 1 fully saturated rings. The molecule has 3 heteroatoms. The van der Waals surface area contributed by atoms with Crippen molar-refractivity contribution in [1.82, 2.24) is 5.32 Å². The predicted molar refractivity (Wildman–Crippen MR) is 82.6 cm³/mol. The third kappa shape index (κ3) is 6.83. The van der Waals surface area contributed by atoms with E-state index in [1.807, 2.05) is 0 Å². The fraction of sp³-hybridized carbons (Fsp3) is 0.941. The summed E-state index contributed by atoms with van der Waals surface area (Å²) in [6.45, 7) is 8.62. The lowest BCUT2D eigenvalue weighted by molar-refractivity contribution is -0.117. The van der Waals surface area contributed by atoms with E-state index in [0.717, 1.165) is 32.2 Å². The smallest absolute Gasteiger partial charge is 0.129 e. The summed E-state index contributed by atoms with van der Waals surface area (Å²) < 4.78 is 14.5. The van der Waals surface area contributed by atoms with Gasteiger partial charge in [-0.2, -0.15) is 0 Å². The maximum absolute atomic E-state index is 14.5. The summed E-state index contributed by atoms with van der Waals surface area (Å²) in [7, 11) is 0. The van der Waals surface area contributed by atoms with Gasteiger partial charge in [-0.1, -0.05) is 20.3 Å². The van der Waals surface area contributed by atoms with E-state index in [2.05, 4.69) is 19.2 Å². The molecule has 0 saturated heterocycles. The number of hydrogen-bond acceptors (Lipinski definition) is 2. The molecule has 0 aromatic heterocycles. The van der Waals surface area contributed by atoms with Gasteiger partial charge in [-0.15, -0.1) is 0 Å².